The van der Waals surface area contributed by atoms with Gasteiger partial charge in [0, 0.05) is 6.07 Å². The molecule has 28 heavy (non-hydrogen) atoms. The molecule has 5 nitrogen and oxygen atoms in total. The van der Waals surface area contributed by atoms with E-state index in [1.807, 2.05) is 24.3 Å². The fraction of sp³-hybridized carbons (Fsp3) is 0.304. The standard InChI is InChI=1S/C23H24O5/c1-5-26-23(25)15(4)27-18-10-11-19-20(13-18)28-21(22(19)24)12-16-6-8-17(9-7-16)14(2)3/h6-15H,5H2,1-4H3/b21-12-. The second-order valence-electron chi connectivity index (χ2n) is 6.93. The molecule has 0 N–H and O–H groups in total. The molecule has 1 atom stereocenters. The van der Waals surface area contributed by atoms with Crippen molar-refractivity contribution in [2.75, 3.05) is 6.61 Å². The van der Waals surface area contributed by atoms with Crippen LogP contribution in [0.3, 0.4) is 0 Å². The summed E-state index contributed by atoms with van der Waals surface area (Å²) in [5.74, 6) is 0.963. The second kappa shape index (κ2) is 8.30. The van der Waals surface area contributed by atoms with E-state index in [-0.39, 0.29) is 11.5 Å². The van der Waals surface area contributed by atoms with Crippen LogP contribution in [0.1, 0.15) is 55.1 Å². The summed E-state index contributed by atoms with van der Waals surface area (Å²) in [4.78, 5) is 24.3. The summed E-state index contributed by atoms with van der Waals surface area (Å²) in [6.07, 6.45) is 0.985. The largest absolute Gasteiger partial charge is 0.479 e. The van der Waals surface area contributed by atoms with Crippen molar-refractivity contribution in [2.45, 2.75) is 39.7 Å². The third-order valence-corrected chi connectivity index (χ3v) is 4.47. The SMILES string of the molecule is CCOC(=O)C(C)Oc1ccc2c(c1)O/C(=C\c1ccc(C(C)C)cc1)C2=O. The zero-order chi connectivity index (χ0) is 20.3. The number of ether oxygens (including phenoxy) is 3. The smallest absolute Gasteiger partial charge is 0.347 e. The Bertz CT molecular complexity index is 909. The van der Waals surface area contributed by atoms with Gasteiger partial charge in [-0.25, -0.2) is 4.79 Å². The molecule has 146 valence electrons. The van der Waals surface area contributed by atoms with Crippen LogP contribution in [0.25, 0.3) is 6.08 Å². The van der Waals surface area contributed by atoms with Gasteiger partial charge in [-0.1, -0.05) is 38.1 Å². The monoisotopic (exact) mass is 380 g/mol. The maximum Gasteiger partial charge on any atom is 0.347 e. The van der Waals surface area contributed by atoms with Crippen LogP contribution in [-0.2, 0) is 9.53 Å². The molecule has 5 heteroatoms. The predicted molar refractivity (Wildman–Crippen MR) is 107 cm³/mol. The number of carbonyl (C=O) groups is 2. The van der Waals surface area contributed by atoms with Crippen LogP contribution in [0.2, 0.25) is 0 Å². The van der Waals surface area contributed by atoms with E-state index in [0.29, 0.717) is 29.6 Å². The van der Waals surface area contributed by atoms with E-state index >= 15 is 0 Å². The summed E-state index contributed by atoms with van der Waals surface area (Å²) in [6.45, 7) is 7.92. The molecule has 0 aliphatic carbocycles. The highest BCUT2D eigenvalue weighted by Crippen LogP contribution is 2.35. The zero-order valence-electron chi connectivity index (χ0n) is 16.5. The van der Waals surface area contributed by atoms with Gasteiger partial charge in [0.1, 0.15) is 11.5 Å². The molecule has 0 saturated carbocycles. The number of benzene rings is 2. The van der Waals surface area contributed by atoms with Crippen molar-refractivity contribution in [3.8, 4) is 11.5 Å². The fourth-order valence-corrected chi connectivity index (χ4v) is 2.88. The first-order chi connectivity index (χ1) is 13.4. The Morgan fingerprint density at radius 3 is 2.46 bits per heavy atom. The van der Waals surface area contributed by atoms with E-state index in [4.69, 9.17) is 14.2 Å². The Hall–Kier alpha value is -3.08. The number of rotatable bonds is 6. The van der Waals surface area contributed by atoms with Crippen LogP contribution in [0.5, 0.6) is 11.5 Å². The number of esters is 1. The topological polar surface area (TPSA) is 61.8 Å². The Labute approximate surface area is 164 Å². The highest BCUT2D eigenvalue weighted by atomic mass is 16.6. The number of hydrogen-bond acceptors (Lipinski definition) is 5. The van der Waals surface area contributed by atoms with Gasteiger partial charge in [0.25, 0.3) is 0 Å². The maximum atomic E-state index is 12.6. The number of Topliss-reactive ketones (excluding diaryl/α,β-unsaturated/α-hetero) is 1. The zero-order valence-corrected chi connectivity index (χ0v) is 16.5. The van der Waals surface area contributed by atoms with E-state index in [2.05, 4.69) is 13.8 Å². The number of fused-ring (bicyclic) bond motifs is 1. The lowest BCUT2D eigenvalue weighted by Gasteiger charge is -2.13. The summed E-state index contributed by atoms with van der Waals surface area (Å²) >= 11 is 0. The van der Waals surface area contributed by atoms with E-state index in [1.165, 1.54) is 5.56 Å². The molecular weight excluding hydrogens is 356 g/mol. The van der Waals surface area contributed by atoms with Gasteiger partial charge >= 0.3 is 5.97 Å². The van der Waals surface area contributed by atoms with Crippen molar-refractivity contribution >= 4 is 17.8 Å². The fourth-order valence-electron chi connectivity index (χ4n) is 2.88. The second-order valence-corrected chi connectivity index (χ2v) is 6.93. The molecule has 0 saturated heterocycles. The van der Waals surface area contributed by atoms with Crippen molar-refractivity contribution in [1.29, 1.82) is 0 Å². The van der Waals surface area contributed by atoms with Crippen molar-refractivity contribution in [3.05, 3.63) is 64.9 Å². The molecule has 0 spiro atoms. The maximum absolute atomic E-state index is 12.6. The van der Waals surface area contributed by atoms with E-state index in [0.717, 1.165) is 5.56 Å². The van der Waals surface area contributed by atoms with Crippen LogP contribution in [0.4, 0.5) is 0 Å². The van der Waals surface area contributed by atoms with Crippen LogP contribution in [0, 0.1) is 0 Å². The molecular formula is C23H24O5. The van der Waals surface area contributed by atoms with Gasteiger partial charge in [0.05, 0.1) is 12.2 Å². The van der Waals surface area contributed by atoms with Gasteiger partial charge in [-0.3, -0.25) is 4.79 Å². The molecule has 0 aromatic heterocycles. The summed E-state index contributed by atoms with van der Waals surface area (Å²) in [7, 11) is 0. The van der Waals surface area contributed by atoms with Crippen LogP contribution in [0.15, 0.2) is 48.2 Å². The highest BCUT2D eigenvalue weighted by molar-refractivity contribution is 6.14. The molecule has 1 aliphatic heterocycles. The summed E-state index contributed by atoms with van der Waals surface area (Å²) in [6, 6.07) is 12.9. The Kier molecular flexibility index (Phi) is 5.83. The summed E-state index contributed by atoms with van der Waals surface area (Å²) in [5.41, 5.74) is 2.61. The number of ketones is 1. The van der Waals surface area contributed by atoms with Crippen molar-refractivity contribution in [3.63, 3.8) is 0 Å². The third kappa shape index (κ3) is 4.25. The minimum Gasteiger partial charge on any atom is -0.479 e. The van der Waals surface area contributed by atoms with E-state index < -0.39 is 12.1 Å². The summed E-state index contributed by atoms with van der Waals surface area (Å²) < 4.78 is 16.3. The molecule has 0 bridgehead atoms. The van der Waals surface area contributed by atoms with E-state index in [9.17, 15) is 9.59 Å². The Morgan fingerprint density at radius 1 is 1.11 bits per heavy atom. The van der Waals surface area contributed by atoms with Gasteiger partial charge in [-0.05, 0) is 49.1 Å². The first-order valence-corrected chi connectivity index (χ1v) is 9.40. The van der Waals surface area contributed by atoms with Crippen molar-refractivity contribution < 1.29 is 23.8 Å². The van der Waals surface area contributed by atoms with E-state index in [1.54, 1.807) is 38.1 Å². The number of allylic oxidation sites excluding steroid dienone is 1. The van der Waals surface area contributed by atoms with Gasteiger partial charge in [-0.15, -0.1) is 0 Å². The summed E-state index contributed by atoms with van der Waals surface area (Å²) in [5, 5.41) is 0. The molecule has 1 heterocycles. The van der Waals surface area contributed by atoms with Gasteiger partial charge < -0.3 is 14.2 Å². The number of carbonyl (C=O) groups excluding carboxylic acids is 2. The van der Waals surface area contributed by atoms with Crippen LogP contribution < -0.4 is 9.47 Å². The minimum absolute atomic E-state index is 0.173. The van der Waals surface area contributed by atoms with Gasteiger partial charge in [-0.2, -0.15) is 0 Å². The number of hydrogen-bond donors (Lipinski definition) is 0. The average molecular weight is 380 g/mol. The Morgan fingerprint density at radius 2 is 1.82 bits per heavy atom. The first-order valence-electron chi connectivity index (χ1n) is 9.40. The third-order valence-electron chi connectivity index (χ3n) is 4.47. The Balaban J connectivity index is 1.76. The molecule has 1 unspecified atom stereocenters. The first kappa shape index (κ1) is 19.7. The lowest BCUT2D eigenvalue weighted by Crippen LogP contribution is -2.26. The molecule has 2 aromatic rings. The van der Waals surface area contributed by atoms with Crippen molar-refractivity contribution in [1.82, 2.24) is 0 Å². The van der Waals surface area contributed by atoms with Gasteiger partial charge in [0.15, 0.2) is 11.9 Å². The van der Waals surface area contributed by atoms with Crippen molar-refractivity contribution in [2.24, 2.45) is 0 Å². The normalized spacial score (nSPS) is 15.3. The lowest BCUT2D eigenvalue weighted by molar-refractivity contribution is -0.150. The molecule has 0 fully saturated rings. The van der Waals surface area contributed by atoms with Crippen LogP contribution in [-0.4, -0.2) is 24.5 Å². The van der Waals surface area contributed by atoms with Gasteiger partial charge in [0.2, 0.25) is 5.78 Å². The quantitative estimate of drug-likeness (QED) is 0.534. The highest BCUT2D eigenvalue weighted by Gasteiger charge is 2.28. The average Bonchev–Trinajstić information content (AvgIpc) is 2.97. The molecule has 2 aromatic carbocycles. The molecule has 0 radical (unpaired) electrons. The minimum atomic E-state index is -0.746. The lowest BCUT2D eigenvalue weighted by atomic mass is 10.0. The molecule has 1 aliphatic rings. The molecule has 3 rings (SSSR count). The van der Waals surface area contributed by atoms with Crippen LogP contribution >= 0.6 is 0 Å². The predicted octanol–water partition coefficient (Wildman–Crippen LogP) is 4.76. The molecule has 0 amide bonds.